The van der Waals surface area contributed by atoms with Gasteiger partial charge in [-0.1, -0.05) is 58.4 Å². The summed E-state index contributed by atoms with van der Waals surface area (Å²) in [5, 5.41) is 12.7. The minimum Gasteiger partial charge on any atom is -0.347 e. The van der Waals surface area contributed by atoms with Crippen LogP contribution in [0.1, 0.15) is 38.7 Å². The third-order valence-corrected chi connectivity index (χ3v) is 6.03. The highest BCUT2D eigenvalue weighted by molar-refractivity contribution is 7.98. The van der Waals surface area contributed by atoms with Gasteiger partial charge in [0.05, 0.1) is 11.4 Å². The maximum absolute atomic E-state index is 13.0. The van der Waals surface area contributed by atoms with Crippen LogP contribution < -0.4 is 5.32 Å². The van der Waals surface area contributed by atoms with Crippen molar-refractivity contribution in [2.45, 2.75) is 38.2 Å². The van der Waals surface area contributed by atoms with E-state index in [4.69, 9.17) is 11.6 Å². The van der Waals surface area contributed by atoms with Crippen LogP contribution in [0.3, 0.4) is 0 Å². The summed E-state index contributed by atoms with van der Waals surface area (Å²) < 4.78 is 1.70. The summed E-state index contributed by atoms with van der Waals surface area (Å²) in [4.78, 5) is 22.0. The first kappa shape index (κ1) is 22.9. The average Bonchev–Trinajstić information content (AvgIpc) is 3.21. The van der Waals surface area contributed by atoms with Gasteiger partial charge in [0.25, 0.3) is 5.91 Å². The van der Waals surface area contributed by atoms with E-state index in [-0.39, 0.29) is 11.6 Å². The van der Waals surface area contributed by atoms with E-state index in [2.05, 4.69) is 25.6 Å². The van der Waals surface area contributed by atoms with Gasteiger partial charge >= 0.3 is 0 Å². The molecule has 33 heavy (non-hydrogen) atoms. The summed E-state index contributed by atoms with van der Waals surface area (Å²) in [5.74, 6) is 0.147. The van der Waals surface area contributed by atoms with Crippen LogP contribution in [-0.4, -0.2) is 30.9 Å². The smallest absolute Gasteiger partial charge is 0.274 e. The van der Waals surface area contributed by atoms with Gasteiger partial charge in [0, 0.05) is 28.7 Å². The highest BCUT2D eigenvalue weighted by atomic mass is 35.5. The Morgan fingerprint density at radius 2 is 1.67 bits per heavy atom. The Bertz CT molecular complexity index is 1250. The lowest BCUT2D eigenvalue weighted by molar-refractivity contribution is 0.0945. The van der Waals surface area contributed by atoms with Crippen molar-refractivity contribution < 1.29 is 4.79 Å². The maximum atomic E-state index is 13.0. The number of amides is 1. The number of halogens is 1. The molecule has 1 amide bonds. The van der Waals surface area contributed by atoms with Crippen LogP contribution in [0, 0.1) is 20.8 Å². The fraction of sp³-hybridized carbons (Fsp3) is 0.208. The summed E-state index contributed by atoms with van der Waals surface area (Å²) in [7, 11) is 0. The molecule has 4 rings (SSSR count). The van der Waals surface area contributed by atoms with Gasteiger partial charge in [-0.15, -0.1) is 5.10 Å². The Morgan fingerprint density at radius 1 is 1.00 bits per heavy atom. The number of nitrogens with zero attached hydrogens (tertiary/aromatic N) is 5. The van der Waals surface area contributed by atoms with Crippen LogP contribution in [0.2, 0.25) is 5.02 Å². The minimum absolute atomic E-state index is 0.279. The quantitative estimate of drug-likeness (QED) is 0.301. The number of thioether (sulfide) groups is 1. The van der Waals surface area contributed by atoms with E-state index in [1.54, 1.807) is 16.8 Å². The third-order valence-electron chi connectivity index (χ3n) is 4.92. The lowest BCUT2D eigenvalue weighted by atomic mass is 10.2. The number of nitrogens with one attached hydrogen (secondary N) is 1. The maximum Gasteiger partial charge on any atom is 0.274 e. The zero-order valence-corrected chi connectivity index (χ0v) is 20.1. The molecule has 2 aromatic carbocycles. The zero-order chi connectivity index (χ0) is 23.4. The zero-order valence-electron chi connectivity index (χ0n) is 18.5. The molecule has 168 valence electrons. The molecule has 2 heterocycles. The van der Waals surface area contributed by atoms with Gasteiger partial charge in [0.2, 0.25) is 0 Å². The summed E-state index contributed by atoms with van der Waals surface area (Å²) in [5.41, 5.74) is 5.67. The Hall–Kier alpha value is -3.23. The fourth-order valence-electron chi connectivity index (χ4n) is 3.26. The fourth-order valence-corrected chi connectivity index (χ4v) is 4.33. The van der Waals surface area contributed by atoms with Crippen molar-refractivity contribution >= 4 is 29.3 Å². The van der Waals surface area contributed by atoms with Crippen LogP contribution in [0.15, 0.2) is 59.8 Å². The Morgan fingerprint density at radius 3 is 2.33 bits per heavy atom. The molecule has 9 heteroatoms. The van der Waals surface area contributed by atoms with Crippen molar-refractivity contribution in [1.82, 2.24) is 30.3 Å². The molecule has 0 aliphatic carbocycles. The number of benzene rings is 2. The molecular weight excluding hydrogens is 456 g/mol. The first-order valence-electron chi connectivity index (χ1n) is 10.4. The summed E-state index contributed by atoms with van der Waals surface area (Å²) in [6.07, 6.45) is 0. The topological polar surface area (TPSA) is 85.6 Å². The number of aromatic nitrogens is 5. The number of hydrogen-bond acceptors (Lipinski definition) is 6. The largest absolute Gasteiger partial charge is 0.347 e. The van der Waals surface area contributed by atoms with Crippen LogP contribution in [0.4, 0.5) is 0 Å². The lowest BCUT2D eigenvalue weighted by Gasteiger charge is -2.09. The first-order chi connectivity index (χ1) is 15.9. The van der Waals surface area contributed by atoms with Crippen LogP contribution in [0.5, 0.6) is 0 Å². The van der Waals surface area contributed by atoms with Crippen LogP contribution in [-0.2, 0) is 12.3 Å². The van der Waals surface area contributed by atoms with Gasteiger partial charge in [0.1, 0.15) is 0 Å². The molecule has 1 N–H and O–H groups in total. The summed E-state index contributed by atoms with van der Waals surface area (Å²) >= 11 is 7.39. The van der Waals surface area contributed by atoms with E-state index in [0.29, 0.717) is 28.2 Å². The number of aryl methyl sites for hydroxylation is 3. The lowest BCUT2D eigenvalue weighted by Crippen LogP contribution is -2.24. The van der Waals surface area contributed by atoms with Crippen molar-refractivity contribution in [3.63, 3.8) is 0 Å². The Labute approximate surface area is 201 Å². The first-order valence-corrected chi connectivity index (χ1v) is 11.7. The molecule has 7 nitrogen and oxygen atoms in total. The van der Waals surface area contributed by atoms with Gasteiger partial charge in [-0.2, -0.15) is 0 Å². The number of rotatable bonds is 7. The van der Waals surface area contributed by atoms with E-state index in [0.717, 1.165) is 28.2 Å². The molecule has 4 aromatic rings. The third kappa shape index (κ3) is 5.77. The van der Waals surface area contributed by atoms with E-state index >= 15 is 0 Å². The predicted octanol–water partition coefficient (Wildman–Crippen LogP) is 4.86. The molecule has 0 spiro atoms. The molecule has 0 saturated heterocycles. The van der Waals surface area contributed by atoms with E-state index < -0.39 is 0 Å². The molecule has 0 fully saturated rings. The molecule has 0 radical (unpaired) electrons. The standard InChI is InChI=1S/C24H23ClN6OS/c1-15-4-10-20(11-5-15)31-21(14-33-24-27-16(2)12-17(3)28-24)22(29-30-31)23(32)26-13-18-6-8-19(25)9-7-18/h4-12H,13-14H2,1-3H3,(H,26,32). The SMILES string of the molecule is Cc1ccc(-n2nnc(C(=O)NCc3ccc(Cl)cc3)c2CSc2nc(C)cc(C)n2)cc1. The molecular formula is C24H23ClN6OS. The normalized spacial score (nSPS) is 10.9. The van der Waals surface area contributed by atoms with E-state index in [1.807, 2.05) is 63.2 Å². The van der Waals surface area contributed by atoms with Gasteiger partial charge in [0.15, 0.2) is 10.9 Å². The van der Waals surface area contributed by atoms with Gasteiger partial charge < -0.3 is 5.32 Å². The minimum atomic E-state index is -0.291. The van der Waals surface area contributed by atoms with Crippen LogP contribution >= 0.6 is 23.4 Å². The molecule has 2 aromatic heterocycles. The van der Waals surface area contributed by atoms with Crippen molar-refractivity contribution in [2.75, 3.05) is 0 Å². The molecule has 0 aliphatic heterocycles. The molecule has 0 saturated carbocycles. The molecule has 0 aliphatic rings. The van der Waals surface area contributed by atoms with Gasteiger partial charge in [-0.3, -0.25) is 4.79 Å². The average molecular weight is 479 g/mol. The van der Waals surface area contributed by atoms with Crippen molar-refractivity contribution in [1.29, 1.82) is 0 Å². The summed E-state index contributed by atoms with van der Waals surface area (Å²) in [6, 6.07) is 17.2. The molecule has 0 atom stereocenters. The predicted molar refractivity (Wildman–Crippen MR) is 130 cm³/mol. The van der Waals surface area contributed by atoms with Crippen molar-refractivity contribution in [2.24, 2.45) is 0 Å². The number of carbonyl (C=O) groups excluding carboxylic acids is 1. The van der Waals surface area contributed by atoms with Gasteiger partial charge in [-0.25, -0.2) is 14.6 Å². The highest BCUT2D eigenvalue weighted by Gasteiger charge is 2.21. The van der Waals surface area contributed by atoms with E-state index in [9.17, 15) is 4.79 Å². The summed E-state index contributed by atoms with van der Waals surface area (Å²) in [6.45, 7) is 6.26. The molecule has 0 bridgehead atoms. The number of carbonyl (C=O) groups is 1. The Kier molecular flexibility index (Phi) is 7.05. The van der Waals surface area contributed by atoms with Crippen molar-refractivity contribution in [3.05, 3.63) is 93.5 Å². The molecule has 0 unspecified atom stereocenters. The van der Waals surface area contributed by atoms with Crippen molar-refractivity contribution in [3.8, 4) is 5.69 Å². The number of hydrogen-bond donors (Lipinski definition) is 1. The Balaban J connectivity index is 1.60. The second kappa shape index (κ2) is 10.1. The second-order valence-corrected chi connectivity index (χ2v) is 9.04. The van der Waals surface area contributed by atoms with Gasteiger partial charge in [-0.05, 0) is 56.7 Å². The second-order valence-electron chi connectivity index (χ2n) is 7.66. The van der Waals surface area contributed by atoms with E-state index in [1.165, 1.54) is 11.8 Å². The van der Waals surface area contributed by atoms with Crippen LogP contribution in [0.25, 0.3) is 5.69 Å². The highest BCUT2D eigenvalue weighted by Crippen LogP contribution is 2.24. The monoisotopic (exact) mass is 478 g/mol.